The van der Waals surface area contributed by atoms with Gasteiger partial charge in [-0.3, -0.25) is 4.79 Å². The summed E-state index contributed by atoms with van der Waals surface area (Å²) in [5, 5.41) is 7.43. The Bertz CT molecular complexity index is 3900. The summed E-state index contributed by atoms with van der Waals surface area (Å²) in [7, 11) is 0. The van der Waals surface area contributed by atoms with E-state index in [2.05, 4.69) is 185 Å². The highest BCUT2D eigenvalue weighted by Gasteiger charge is 2.34. The lowest BCUT2D eigenvalue weighted by molar-refractivity contribution is 0.0956. The molecule has 14 rings (SSSR count). The van der Waals surface area contributed by atoms with Crippen LogP contribution >= 0.6 is 11.3 Å². The number of fused-ring (bicyclic) bond motifs is 17. The van der Waals surface area contributed by atoms with E-state index in [1.165, 1.54) is 97.2 Å². The van der Waals surface area contributed by atoms with Gasteiger partial charge in [-0.1, -0.05) is 133 Å². The molecule has 290 valence electrons. The second-order valence-electron chi connectivity index (χ2n) is 17.0. The minimum atomic E-state index is -0.174. The number of nitrogens with zero attached hydrogens (tertiary/aromatic N) is 2. The van der Waals surface area contributed by atoms with Gasteiger partial charge >= 0.3 is 0 Å². The van der Waals surface area contributed by atoms with Gasteiger partial charge in [0.1, 0.15) is 0 Å². The zero-order valence-corrected chi connectivity index (χ0v) is 34.4. The highest BCUT2D eigenvalue weighted by Crippen LogP contribution is 2.51. The number of thiophene rings is 1. The number of aromatic nitrogens is 2. The molecule has 9 aromatic carbocycles. The number of hydrogen-bond acceptors (Lipinski definition) is 2. The van der Waals surface area contributed by atoms with E-state index in [0.717, 1.165) is 40.9 Å². The van der Waals surface area contributed by atoms with Gasteiger partial charge in [0.05, 0.1) is 22.1 Å². The van der Waals surface area contributed by atoms with Crippen LogP contribution in [0, 0.1) is 0 Å². The number of para-hydroxylation sites is 3. The van der Waals surface area contributed by atoms with Gasteiger partial charge in [0.25, 0.3) is 0 Å². The molecule has 0 aliphatic heterocycles. The smallest absolute Gasteiger partial charge is 0.170 e. The third-order valence-electron chi connectivity index (χ3n) is 13.9. The maximum absolute atomic E-state index is 14.6. The lowest BCUT2D eigenvalue weighted by Crippen LogP contribution is -2.16. The molecule has 0 saturated heterocycles. The SMILES string of the molecule is O=C1c2ccccc2-c2cc(-c3cc(-n4c5ccccc5c5ccc6c7ccccc7n(-c7ccccc7)c6c54)cc4c3sc3ccccc34)cc3c2CCC1c1ccccc1-3. The first-order valence-electron chi connectivity index (χ1n) is 21.6. The zero-order valence-electron chi connectivity index (χ0n) is 33.6. The normalized spacial score (nSPS) is 14.5. The number of hydrogen-bond donors (Lipinski definition) is 0. The van der Waals surface area contributed by atoms with Crippen molar-refractivity contribution in [2.24, 2.45) is 0 Å². The van der Waals surface area contributed by atoms with Gasteiger partial charge in [0, 0.05) is 70.1 Å². The van der Waals surface area contributed by atoms with Crippen LogP contribution in [0.25, 0.3) is 109 Å². The number of rotatable bonds is 3. The summed E-state index contributed by atoms with van der Waals surface area (Å²) in [6, 6.07) is 68.8. The van der Waals surface area contributed by atoms with Crippen LogP contribution in [0.3, 0.4) is 0 Å². The molecule has 0 saturated carbocycles. The van der Waals surface area contributed by atoms with Crippen molar-refractivity contribution in [2.45, 2.75) is 18.8 Å². The highest BCUT2D eigenvalue weighted by atomic mass is 32.1. The molecule has 2 aliphatic rings. The number of Topliss-reactive ketones (excluding diaryl/α,β-unsaturated/α-hetero) is 1. The molecule has 3 aromatic heterocycles. The molecule has 0 amide bonds. The van der Waals surface area contributed by atoms with E-state index >= 15 is 0 Å². The van der Waals surface area contributed by atoms with Gasteiger partial charge in [0.2, 0.25) is 0 Å². The van der Waals surface area contributed by atoms with Crippen molar-refractivity contribution in [1.82, 2.24) is 9.13 Å². The van der Waals surface area contributed by atoms with E-state index in [0.29, 0.717) is 0 Å². The molecule has 3 nitrogen and oxygen atoms in total. The van der Waals surface area contributed by atoms with Crippen LogP contribution < -0.4 is 0 Å². The number of benzene rings is 9. The second kappa shape index (κ2) is 12.7. The van der Waals surface area contributed by atoms with Gasteiger partial charge in [-0.25, -0.2) is 0 Å². The number of carbonyl (C=O) groups excluding carboxylic acids is 1. The van der Waals surface area contributed by atoms with Crippen molar-refractivity contribution in [1.29, 1.82) is 0 Å². The first-order valence-corrected chi connectivity index (χ1v) is 22.4. The quantitative estimate of drug-likeness (QED) is 0.175. The summed E-state index contributed by atoms with van der Waals surface area (Å²) in [6.45, 7) is 0. The fraction of sp³-hybridized carbons (Fsp3) is 0.0517. The Hall–Kier alpha value is -7.53. The van der Waals surface area contributed by atoms with E-state index in [4.69, 9.17) is 0 Å². The van der Waals surface area contributed by atoms with Gasteiger partial charge in [-0.2, -0.15) is 0 Å². The van der Waals surface area contributed by atoms with Crippen molar-refractivity contribution < 1.29 is 4.79 Å². The third-order valence-corrected chi connectivity index (χ3v) is 15.1. The lowest BCUT2D eigenvalue weighted by Gasteiger charge is -2.22. The predicted molar refractivity (Wildman–Crippen MR) is 260 cm³/mol. The van der Waals surface area contributed by atoms with Crippen molar-refractivity contribution in [3.63, 3.8) is 0 Å². The number of carbonyl (C=O) groups is 1. The number of ketones is 1. The fourth-order valence-corrected chi connectivity index (χ4v) is 12.5. The van der Waals surface area contributed by atoms with E-state index in [-0.39, 0.29) is 11.7 Å². The van der Waals surface area contributed by atoms with Gasteiger partial charge in [0.15, 0.2) is 5.78 Å². The Kier molecular flexibility index (Phi) is 7.03. The lowest BCUT2D eigenvalue weighted by atomic mass is 9.81. The van der Waals surface area contributed by atoms with Crippen LogP contribution in [0.1, 0.15) is 33.8 Å². The highest BCUT2D eigenvalue weighted by molar-refractivity contribution is 7.26. The van der Waals surface area contributed by atoms with Crippen molar-refractivity contribution in [3.05, 3.63) is 205 Å². The molecule has 62 heavy (non-hydrogen) atoms. The maximum atomic E-state index is 14.6. The van der Waals surface area contributed by atoms with Gasteiger partial charge in [-0.05, 0) is 106 Å². The van der Waals surface area contributed by atoms with Crippen LogP contribution in [0.5, 0.6) is 0 Å². The van der Waals surface area contributed by atoms with Crippen LogP contribution in [-0.4, -0.2) is 14.9 Å². The largest absolute Gasteiger partial charge is 0.307 e. The van der Waals surface area contributed by atoms with Crippen LogP contribution in [0.4, 0.5) is 0 Å². The Morgan fingerprint density at radius 1 is 0.435 bits per heavy atom. The summed E-state index contributed by atoms with van der Waals surface area (Å²) < 4.78 is 7.54. The van der Waals surface area contributed by atoms with E-state index in [1.807, 2.05) is 23.5 Å². The Morgan fingerprint density at radius 3 is 1.76 bits per heavy atom. The summed E-state index contributed by atoms with van der Waals surface area (Å²) in [5.74, 6) is 0.0507. The van der Waals surface area contributed by atoms with Crippen molar-refractivity contribution in [3.8, 4) is 44.8 Å². The van der Waals surface area contributed by atoms with E-state index in [9.17, 15) is 4.79 Å². The summed E-state index contributed by atoms with van der Waals surface area (Å²) >= 11 is 1.87. The molecule has 0 fully saturated rings. The average Bonchev–Trinajstić information content (AvgIpc) is 3.95. The monoisotopic (exact) mass is 808 g/mol. The first-order chi connectivity index (χ1) is 30.7. The van der Waals surface area contributed by atoms with Gasteiger partial charge < -0.3 is 9.13 Å². The topological polar surface area (TPSA) is 26.9 Å². The Labute approximate surface area is 361 Å². The Balaban J connectivity index is 1.15. The average molecular weight is 809 g/mol. The van der Waals surface area contributed by atoms with E-state index in [1.54, 1.807) is 0 Å². The van der Waals surface area contributed by atoms with Crippen molar-refractivity contribution in [2.75, 3.05) is 0 Å². The molecular formula is C58H36N2OS. The van der Waals surface area contributed by atoms with Gasteiger partial charge in [-0.15, -0.1) is 11.3 Å². The molecule has 2 aliphatic carbocycles. The molecule has 3 heterocycles. The standard InChI is InChI=1S/C58H36N2OS/c61-57-46-22-7-6-18-39(46)50-31-34(30-49-38-17-5-4-16-37(38)47(57)29-26-40(49)50)48-32-36(33-51-43-21-10-13-25-54(43)62-58(48)51)60-53-24-12-9-20-42(53)45-28-27-44-41-19-8-11-23-52(41)59(55(44)56(45)60)35-14-2-1-3-15-35/h1-25,27-28,30-33,47H,26,29H2. The minimum absolute atomic E-state index is 0.174. The second-order valence-corrected chi connectivity index (χ2v) is 18.1. The molecule has 0 spiro atoms. The summed E-state index contributed by atoms with van der Waals surface area (Å²) in [4.78, 5) is 14.6. The molecule has 1 unspecified atom stereocenters. The van der Waals surface area contributed by atoms with E-state index < -0.39 is 0 Å². The van der Waals surface area contributed by atoms with Crippen LogP contribution in [-0.2, 0) is 6.42 Å². The summed E-state index contributed by atoms with van der Waals surface area (Å²) in [5.41, 5.74) is 17.3. The third kappa shape index (κ3) is 4.62. The first kappa shape index (κ1) is 34.2. The van der Waals surface area contributed by atoms with Crippen molar-refractivity contribution >= 4 is 80.9 Å². The Morgan fingerprint density at radius 2 is 1.02 bits per heavy atom. The molecule has 1 atom stereocenters. The molecule has 0 radical (unpaired) electrons. The molecule has 0 N–H and O–H groups in total. The minimum Gasteiger partial charge on any atom is -0.307 e. The molecule has 4 heteroatoms. The summed E-state index contributed by atoms with van der Waals surface area (Å²) in [6.07, 6.45) is 1.66. The van der Waals surface area contributed by atoms with Crippen LogP contribution in [0.2, 0.25) is 0 Å². The predicted octanol–water partition coefficient (Wildman–Crippen LogP) is 15.5. The zero-order chi connectivity index (χ0) is 40.6. The van der Waals surface area contributed by atoms with Crippen LogP contribution in [0.15, 0.2) is 188 Å². The molecular weight excluding hydrogens is 773 g/mol. The maximum Gasteiger partial charge on any atom is 0.170 e. The molecule has 12 aromatic rings. The molecule has 2 bridgehead atoms. The fourth-order valence-electron chi connectivity index (χ4n) is 11.2.